The minimum atomic E-state index is -0.0302. The Hall–Kier alpha value is -4.00. The second-order valence-corrected chi connectivity index (χ2v) is 7.57. The van der Waals surface area contributed by atoms with E-state index in [0.29, 0.717) is 18.7 Å². The Morgan fingerprint density at radius 2 is 1.84 bits per heavy atom. The molecule has 0 aliphatic heterocycles. The number of methoxy groups -OCH3 is 1. The van der Waals surface area contributed by atoms with Crippen LogP contribution in [-0.2, 0) is 17.8 Å². The van der Waals surface area contributed by atoms with E-state index in [2.05, 4.69) is 20.4 Å². The van der Waals surface area contributed by atoms with Crippen LogP contribution in [0.15, 0.2) is 65.6 Å². The van der Waals surface area contributed by atoms with Gasteiger partial charge in [0.05, 0.1) is 30.5 Å². The molecule has 162 valence electrons. The molecule has 1 N–H and O–H groups in total. The summed E-state index contributed by atoms with van der Waals surface area (Å²) in [4.78, 5) is 20.9. The number of hydrogen-bond acceptors (Lipinski definition) is 6. The normalized spacial score (nSPS) is 10.7. The Bertz CT molecular complexity index is 1230. The van der Waals surface area contributed by atoms with Gasteiger partial charge in [0, 0.05) is 24.4 Å². The first kappa shape index (κ1) is 21.2. The van der Waals surface area contributed by atoms with Crippen molar-refractivity contribution in [2.45, 2.75) is 26.8 Å². The quantitative estimate of drug-likeness (QED) is 0.472. The van der Waals surface area contributed by atoms with Crippen LogP contribution in [0.5, 0.6) is 5.75 Å². The average molecular weight is 428 g/mol. The van der Waals surface area contributed by atoms with Crippen molar-refractivity contribution in [1.82, 2.24) is 20.4 Å². The van der Waals surface area contributed by atoms with Crippen molar-refractivity contribution in [2.24, 2.45) is 0 Å². The standard InChI is InChI=1S/C25H24N4O3/c1-16-10-19(6-9-22(16)31-3)12-24(30)27-13-18-4-7-20(8-5-18)25-21(14-26-15-28-25)23-11-17(2)29-32-23/h4-11,14-15H,12-13H2,1-3H3,(H,27,30). The lowest BCUT2D eigenvalue weighted by molar-refractivity contribution is -0.120. The molecule has 0 bridgehead atoms. The van der Waals surface area contributed by atoms with Crippen molar-refractivity contribution >= 4 is 5.91 Å². The highest BCUT2D eigenvalue weighted by molar-refractivity contribution is 5.79. The Kier molecular flexibility index (Phi) is 6.26. The first-order chi connectivity index (χ1) is 15.5. The van der Waals surface area contributed by atoms with Crippen LogP contribution in [0.4, 0.5) is 0 Å². The fourth-order valence-corrected chi connectivity index (χ4v) is 3.51. The van der Waals surface area contributed by atoms with Gasteiger partial charge in [-0.1, -0.05) is 41.6 Å². The van der Waals surface area contributed by atoms with Crippen molar-refractivity contribution in [3.05, 3.63) is 83.4 Å². The number of carbonyl (C=O) groups excluding carboxylic acids is 1. The molecule has 32 heavy (non-hydrogen) atoms. The average Bonchev–Trinajstić information content (AvgIpc) is 3.24. The lowest BCUT2D eigenvalue weighted by Crippen LogP contribution is -2.24. The molecule has 2 heterocycles. The molecule has 0 saturated heterocycles. The number of ether oxygens (including phenoxy) is 1. The molecule has 7 heteroatoms. The second-order valence-electron chi connectivity index (χ2n) is 7.57. The van der Waals surface area contributed by atoms with Crippen LogP contribution in [0.1, 0.15) is 22.4 Å². The molecular formula is C25H24N4O3. The van der Waals surface area contributed by atoms with E-state index in [-0.39, 0.29) is 5.91 Å². The van der Waals surface area contributed by atoms with Gasteiger partial charge >= 0.3 is 0 Å². The van der Waals surface area contributed by atoms with Crippen LogP contribution in [0.25, 0.3) is 22.6 Å². The predicted molar refractivity (Wildman–Crippen MR) is 121 cm³/mol. The van der Waals surface area contributed by atoms with E-state index < -0.39 is 0 Å². The van der Waals surface area contributed by atoms with Gasteiger partial charge in [0.1, 0.15) is 12.1 Å². The fourth-order valence-electron chi connectivity index (χ4n) is 3.51. The number of nitrogens with one attached hydrogen (secondary N) is 1. The third-order valence-corrected chi connectivity index (χ3v) is 5.15. The molecule has 0 aliphatic rings. The zero-order chi connectivity index (χ0) is 22.5. The summed E-state index contributed by atoms with van der Waals surface area (Å²) in [6.45, 7) is 4.29. The summed E-state index contributed by atoms with van der Waals surface area (Å²) >= 11 is 0. The number of aryl methyl sites for hydroxylation is 2. The number of hydrogen-bond donors (Lipinski definition) is 1. The molecule has 4 aromatic rings. The number of carbonyl (C=O) groups is 1. The maximum Gasteiger partial charge on any atom is 0.224 e. The van der Waals surface area contributed by atoms with E-state index >= 15 is 0 Å². The van der Waals surface area contributed by atoms with Gasteiger partial charge in [-0.2, -0.15) is 0 Å². The van der Waals surface area contributed by atoms with Gasteiger partial charge in [0.15, 0.2) is 5.76 Å². The van der Waals surface area contributed by atoms with Gasteiger partial charge in [0.2, 0.25) is 5.91 Å². The third-order valence-electron chi connectivity index (χ3n) is 5.15. The summed E-state index contributed by atoms with van der Waals surface area (Å²) in [6.07, 6.45) is 3.55. The maximum absolute atomic E-state index is 12.4. The molecule has 0 aliphatic carbocycles. The van der Waals surface area contributed by atoms with Crippen molar-refractivity contribution in [3.8, 4) is 28.3 Å². The van der Waals surface area contributed by atoms with Gasteiger partial charge in [0.25, 0.3) is 0 Å². The molecule has 0 fully saturated rings. The third kappa shape index (κ3) is 4.83. The zero-order valence-corrected chi connectivity index (χ0v) is 18.3. The number of amides is 1. The smallest absolute Gasteiger partial charge is 0.224 e. The van der Waals surface area contributed by atoms with E-state index in [0.717, 1.165) is 45.0 Å². The summed E-state index contributed by atoms with van der Waals surface area (Å²) in [7, 11) is 1.64. The number of rotatable bonds is 7. The number of aromatic nitrogens is 3. The van der Waals surface area contributed by atoms with Crippen LogP contribution >= 0.6 is 0 Å². The minimum absolute atomic E-state index is 0.0302. The van der Waals surface area contributed by atoms with Crippen LogP contribution in [-0.4, -0.2) is 28.1 Å². The lowest BCUT2D eigenvalue weighted by Gasteiger charge is -2.09. The summed E-state index contributed by atoms with van der Waals surface area (Å²) in [5.41, 5.74) is 6.24. The van der Waals surface area contributed by atoms with Crippen molar-refractivity contribution in [1.29, 1.82) is 0 Å². The Morgan fingerprint density at radius 3 is 2.53 bits per heavy atom. The largest absolute Gasteiger partial charge is 0.496 e. The van der Waals surface area contributed by atoms with Gasteiger partial charge in [-0.3, -0.25) is 4.79 Å². The van der Waals surface area contributed by atoms with Crippen molar-refractivity contribution in [2.75, 3.05) is 7.11 Å². The summed E-state index contributed by atoms with van der Waals surface area (Å²) in [6, 6.07) is 15.5. The van der Waals surface area contributed by atoms with Crippen LogP contribution in [0.2, 0.25) is 0 Å². The van der Waals surface area contributed by atoms with E-state index in [9.17, 15) is 4.79 Å². The minimum Gasteiger partial charge on any atom is -0.496 e. The Morgan fingerprint density at radius 1 is 1.06 bits per heavy atom. The Labute approximate surface area is 186 Å². The summed E-state index contributed by atoms with van der Waals surface area (Å²) < 4.78 is 10.7. The predicted octanol–water partition coefficient (Wildman–Crippen LogP) is 4.28. The van der Waals surface area contributed by atoms with E-state index in [4.69, 9.17) is 9.26 Å². The molecule has 2 aromatic carbocycles. The zero-order valence-electron chi connectivity index (χ0n) is 18.3. The van der Waals surface area contributed by atoms with E-state index in [1.54, 1.807) is 13.3 Å². The first-order valence-electron chi connectivity index (χ1n) is 10.3. The molecule has 0 radical (unpaired) electrons. The van der Waals surface area contributed by atoms with Crippen molar-refractivity contribution in [3.63, 3.8) is 0 Å². The monoisotopic (exact) mass is 428 g/mol. The SMILES string of the molecule is COc1ccc(CC(=O)NCc2ccc(-c3ncncc3-c3cc(C)no3)cc2)cc1C. The Balaban J connectivity index is 1.41. The number of benzene rings is 2. The van der Waals surface area contributed by atoms with Crippen molar-refractivity contribution < 1.29 is 14.1 Å². The van der Waals surface area contributed by atoms with Crippen LogP contribution in [0.3, 0.4) is 0 Å². The first-order valence-corrected chi connectivity index (χ1v) is 10.3. The van der Waals surface area contributed by atoms with Gasteiger partial charge < -0.3 is 14.6 Å². The molecular weight excluding hydrogens is 404 g/mol. The molecule has 0 spiro atoms. The molecule has 0 unspecified atom stereocenters. The van der Waals surface area contributed by atoms with E-state index in [1.165, 1.54) is 6.33 Å². The van der Waals surface area contributed by atoms with E-state index in [1.807, 2.05) is 62.4 Å². The highest BCUT2D eigenvalue weighted by Crippen LogP contribution is 2.30. The molecule has 4 rings (SSSR count). The molecule has 7 nitrogen and oxygen atoms in total. The molecule has 1 amide bonds. The van der Waals surface area contributed by atoms with Gasteiger partial charge in [-0.05, 0) is 36.6 Å². The lowest BCUT2D eigenvalue weighted by atomic mass is 10.0. The summed E-state index contributed by atoms with van der Waals surface area (Å²) in [5.74, 6) is 1.42. The molecule has 0 atom stereocenters. The van der Waals surface area contributed by atoms with Crippen LogP contribution in [0, 0.1) is 13.8 Å². The second kappa shape index (κ2) is 9.43. The van der Waals surface area contributed by atoms with Gasteiger partial charge in [-0.15, -0.1) is 0 Å². The highest BCUT2D eigenvalue weighted by Gasteiger charge is 2.13. The maximum atomic E-state index is 12.4. The van der Waals surface area contributed by atoms with Gasteiger partial charge in [-0.25, -0.2) is 9.97 Å². The topological polar surface area (TPSA) is 90.1 Å². The molecule has 0 saturated carbocycles. The van der Waals surface area contributed by atoms with Crippen LogP contribution < -0.4 is 10.1 Å². The summed E-state index contributed by atoms with van der Waals surface area (Å²) in [5, 5.41) is 6.92. The molecule has 2 aromatic heterocycles. The highest BCUT2D eigenvalue weighted by atomic mass is 16.5. The fraction of sp³-hybridized carbons (Fsp3) is 0.200. The number of nitrogens with zero attached hydrogens (tertiary/aromatic N) is 3.